The summed E-state index contributed by atoms with van der Waals surface area (Å²) in [4.78, 5) is 46.6. The molecule has 7 aromatic rings. The van der Waals surface area contributed by atoms with Crippen LogP contribution in [-0.2, 0) is 9.59 Å². The number of ketones is 2. The zero-order valence-corrected chi connectivity index (χ0v) is 54.1. The number of carbonyl (C=O) groups excluding carboxylic acids is 2. The zero-order valence-electron chi connectivity index (χ0n) is 46.5. The summed E-state index contributed by atoms with van der Waals surface area (Å²) in [5, 5.41) is 125. The molecule has 3 radical (unpaired) electrons. The van der Waals surface area contributed by atoms with Crippen molar-refractivity contribution in [2.24, 2.45) is 30.4 Å². The third-order valence-corrected chi connectivity index (χ3v) is 9.14. The van der Waals surface area contributed by atoms with Crippen molar-refractivity contribution in [3.8, 4) is 23.0 Å². The van der Waals surface area contributed by atoms with Gasteiger partial charge < -0.3 is 61.6 Å². The Labute approximate surface area is 610 Å². The van der Waals surface area contributed by atoms with Gasteiger partial charge in [0.15, 0.2) is 0 Å². The van der Waals surface area contributed by atoms with Gasteiger partial charge in [-0.05, 0) is 70.8 Å². The van der Waals surface area contributed by atoms with E-state index in [1.54, 1.807) is 72.8 Å². The SMILES string of the molecule is CO.CO.CO.CO.O=C1C=CC=N/C1=C(\[O-])N/N=C/c1ccc2cccc([O-])c2n1.O=C1C=CC=N/C1=C(\[O-])N/N=C/c1ccc2cccc([O-])c2n1.[Dy+3].[Dy+3].[Dy+3].[O-]/C(=N\N=C\c1ccc2cccc([O-])c2n1)c1ncccc1O.[O-][Cl+3]([O-])([O-])[O-].[O-][Cl+3]([O-])([O-])[O-].[OH-]. The number of rotatable bonds is 9. The second kappa shape index (κ2) is 49.1. The van der Waals surface area contributed by atoms with Gasteiger partial charge in [0.25, 0.3) is 0 Å². The molecule has 91 heavy (non-hydrogen) atoms. The van der Waals surface area contributed by atoms with Crippen LogP contribution in [0, 0.1) is 135 Å². The Kier molecular flexibility index (Phi) is 49.0. The van der Waals surface area contributed by atoms with Crippen LogP contribution in [0.5, 0.6) is 23.0 Å². The van der Waals surface area contributed by atoms with E-state index in [0.29, 0.717) is 33.6 Å². The molecule has 0 amide bonds. The number of hydrazone groups is 2. The molecule has 4 aromatic heterocycles. The summed E-state index contributed by atoms with van der Waals surface area (Å²) < 4.78 is 67.9. The molecule has 0 bridgehead atoms. The number of allylic oxidation sites excluding steroid dienone is 4. The van der Waals surface area contributed by atoms with E-state index in [2.05, 4.69) is 61.2 Å². The van der Waals surface area contributed by atoms with Gasteiger partial charge >= 0.3 is 115 Å². The van der Waals surface area contributed by atoms with Crippen molar-refractivity contribution in [1.29, 1.82) is 0 Å². The summed E-state index contributed by atoms with van der Waals surface area (Å²) >= 11 is 0. The van der Waals surface area contributed by atoms with Gasteiger partial charge in [-0.3, -0.25) is 35.4 Å². The first-order valence-electron chi connectivity index (χ1n) is 23.0. The quantitative estimate of drug-likeness (QED) is 0.0232. The minimum absolute atomic E-state index is 0. The van der Waals surface area contributed by atoms with Gasteiger partial charge in [0.1, 0.15) is 22.8 Å². The van der Waals surface area contributed by atoms with Crippen molar-refractivity contribution in [3.05, 3.63) is 180 Å². The van der Waals surface area contributed by atoms with Crippen LogP contribution >= 0.6 is 0 Å². The van der Waals surface area contributed by atoms with E-state index in [1.807, 2.05) is 0 Å². The van der Waals surface area contributed by atoms with E-state index in [1.165, 1.54) is 91.9 Å². The van der Waals surface area contributed by atoms with E-state index in [0.717, 1.165) is 44.6 Å². The number of hydrogen-bond donors (Lipinski definition) is 7. The van der Waals surface area contributed by atoms with Crippen molar-refractivity contribution in [2.45, 2.75) is 0 Å². The summed E-state index contributed by atoms with van der Waals surface area (Å²) in [6, 6.07) is 27.6. The van der Waals surface area contributed by atoms with Gasteiger partial charge in [-0.1, -0.05) is 90.0 Å². The predicted molar refractivity (Wildman–Crippen MR) is 279 cm³/mol. The summed E-state index contributed by atoms with van der Waals surface area (Å²) in [6.07, 6.45) is 13.3. The zero-order chi connectivity index (χ0) is 65.7. The second-order valence-electron chi connectivity index (χ2n) is 14.6. The van der Waals surface area contributed by atoms with Gasteiger partial charge in [-0.15, -0.1) is 20.5 Å². The Morgan fingerprint density at radius 2 is 0.824 bits per heavy atom. The van der Waals surface area contributed by atoms with Gasteiger partial charge in [-0.2, -0.15) is 20.4 Å². The summed E-state index contributed by atoms with van der Waals surface area (Å²) in [5.41, 5.74) is 5.93. The molecule has 0 saturated carbocycles. The normalized spacial score (nSPS) is 12.9. The molecule has 0 fully saturated rings. The molecule has 491 valence electrons. The van der Waals surface area contributed by atoms with Crippen LogP contribution in [0.1, 0.15) is 22.8 Å². The van der Waals surface area contributed by atoms with Crippen LogP contribution in [0.2, 0.25) is 0 Å². The number of carbonyl (C=O) groups is 2. The molecule has 0 unspecified atom stereocenters. The van der Waals surface area contributed by atoms with Gasteiger partial charge in [0.05, 0.1) is 52.3 Å². The minimum atomic E-state index is -4.94. The molecule has 6 heterocycles. The van der Waals surface area contributed by atoms with E-state index in [4.69, 9.17) is 57.7 Å². The number of hydrogen-bond acceptors (Lipinski definition) is 34. The standard InChI is InChI=1S/3C16H12N4O3.4CH4O.2ClHO4.3Dy.H2O/c3*21-12-4-1-3-10-6-7-11(19-14(10)12)9-18-20-16(23)15-13(22)5-2-8-17-15;4*1-2;2*2-1(3,4)5;;;;/h1-9,21-22H,(H,20,23);2*1-9,20-21,23H;4*2H,1H3;2*(H,2,3,4,5);;;;1H2/q;;;;;;;;;3*+3;/p-9/b18-9+;2*16-15-,18-9+;;;;;;;;;;. The molecular formula is C52H47Cl2Dy3N12O22. The summed E-state index contributed by atoms with van der Waals surface area (Å²) in [6.45, 7) is 0. The number of aliphatic hydroxyl groups is 4. The van der Waals surface area contributed by atoms with Crippen molar-refractivity contribution in [1.82, 2.24) is 30.8 Å². The predicted octanol–water partition coefficient (Wildman–Crippen LogP) is -10.8. The van der Waals surface area contributed by atoms with Crippen molar-refractivity contribution >= 4 is 81.2 Å². The first-order valence-corrected chi connectivity index (χ1v) is 25.5. The van der Waals surface area contributed by atoms with Gasteiger partial charge in [0.2, 0.25) is 11.6 Å². The Morgan fingerprint density at radius 1 is 0.495 bits per heavy atom. The molecule has 0 saturated heterocycles. The molecule has 34 nitrogen and oxygen atoms in total. The smallest absolute Gasteiger partial charge is 0.871 e. The summed E-state index contributed by atoms with van der Waals surface area (Å²) in [5.74, 6) is -4.00. The fraction of sp³-hybridized carbons (Fsp3) is 0.0769. The van der Waals surface area contributed by atoms with Gasteiger partial charge in [0, 0.05) is 64.7 Å². The number of pyridine rings is 4. The average Bonchev–Trinajstić information content (AvgIpc) is 0.976. The molecule has 39 heteroatoms. The molecule has 9 rings (SSSR count). The number of benzene rings is 3. The molecular weight excluding hydrogens is 1700 g/mol. The van der Waals surface area contributed by atoms with Crippen molar-refractivity contribution < 1.29 is 244 Å². The third kappa shape index (κ3) is 35.2. The number of aromatic nitrogens is 4. The number of dihydropyridines is 2. The number of nitrogens with one attached hydrogen (secondary N) is 2. The molecule has 2 aliphatic rings. The van der Waals surface area contributed by atoms with E-state index in [9.17, 15) is 45.3 Å². The maximum Gasteiger partial charge on any atom is 3.00 e. The maximum absolute atomic E-state index is 11.8. The summed E-state index contributed by atoms with van der Waals surface area (Å²) in [7, 11) is -5.89. The van der Waals surface area contributed by atoms with Crippen molar-refractivity contribution in [2.75, 3.05) is 28.4 Å². The van der Waals surface area contributed by atoms with Crippen LogP contribution in [0.25, 0.3) is 32.7 Å². The number of aliphatic imine (C=N–C) groups is 2. The fourth-order valence-electron chi connectivity index (χ4n) is 5.91. The molecule has 2 aliphatic heterocycles. The van der Waals surface area contributed by atoms with Crippen LogP contribution in [0.15, 0.2) is 187 Å². The van der Waals surface area contributed by atoms with Crippen molar-refractivity contribution in [3.63, 3.8) is 0 Å². The number of aromatic hydroxyl groups is 1. The Morgan fingerprint density at radius 3 is 1.14 bits per heavy atom. The largest absolute Gasteiger partial charge is 3.00 e. The molecule has 0 aliphatic carbocycles. The fourth-order valence-corrected chi connectivity index (χ4v) is 5.91. The number of aliphatic hydroxyl groups excluding tert-OH is 4. The van der Waals surface area contributed by atoms with E-state index < -0.39 is 49.7 Å². The molecule has 0 atom stereocenters. The van der Waals surface area contributed by atoms with Crippen LogP contribution < -0.4 is 78.8 Å². The van der Waals surface area contributed by atoms with Crippen LogP contribution in [-0.4, -0.2) is 128 Å². The van der Waals surface area contributed by atoms with E-state index >= 15 is 0 Å². The van der Waals surface area contributed by atoms with E-state index in [-0.39, 0.29) is 160 Å². The van der Waals surface area contributed by atoms with Crippen LogP contribution in [0.3, 0.4) is 0 Å². The van der Waals surface area contributed by atoms with Gasteiger partial charge in [-0.25, -0.2) is 52.2 Å². The Hall–Kier alpha value is -6.56. The Balaban J connectivity index is -0.000000540. The molecule has 0 spiro atoms. The first-order chi connectivity index (χ1) is 41.4. The third-order valence-electron chi connectivity index (χ3n) is 9.14. The average molecular weight is 1750 g/mol. The first kappa shape index (κ1) is 90.9. The number of para-hydroxylation sites is 3. The minimum Gasteiger partial charge on any atom is -0.871 e. The second-order valence-corrected chi connectivity index (χ2v) is 16.1. The maximum atomic E-state index is 11.8. The number of halogens is 2. The molecule has 8 N–H and O–H groups in total. The molecule has 3 aromatic carbocycles. The number of fused-ring (bicyclic) bond motifs is 3. The number of nitrogens with zero attached hydrogens (tertiary/aromatic N) is 10. The van der Waals surface area contributed by atoms with Crippen LogP contribution in [0.4, 0.5) is 0 Å². The monoisotopic (exact) mass is 1750 g/mol. The topological polar surface area (TPSA) is 638 Å². The Bertz CT molecular complexity index is 3530.